The van der Waals surface area contributed by atoms with Crippen LogP contribution in [0.1, 0.15) is 6.92 Å². The van der Waals surface area contributed by atoms with Crippen molar-refractivity contribution in [3.05, 3.63) is 24.3 Å². The molecule has 0 unspecified atom stereocenters. The molecule has 114 valence electrons. The summed E-state index contributed by atoms with van der Waals surface area (Å²) in [6.07, 6.45) is 0. The highest BCUT2D eigenvalue weighted by molar-refractivity contribution is 7.89. The maximum absolute atomic E-state index is 12.5. The summed E-state index contributed by atoms with van der Waals surface area (Å²) in [6.45, 7) is 2.63. The van der Waals surface area contributed by atoms with Crippen molar-refractivity contribution in [2.45, 2.75) is 11.8 Å². The first-order valence-electron chi connectivity index (χ1n) is 6.54. The van der Waals surface area contributed by atoms with Crippen LogP contribution in [0.2, 0.25) is 0 Å². The maximum Gasteiger partial charge on any atom is 0.488 e. The van der Waals surface area contributed by atoms with Gasteiger partial charge in [-0.2, -0.15) is 4.31 Å². The van der Waals surface area contributed by atoms with Gasteiger partial charge in [0.05, 0.1) is 4.90 Å². The molecule has 0 spiro atoms. The standard InChI is InChI=1S/C12H17BN2O5S/c1-10(16)14-5-7-15(8-6-14)21(19,20)12-4-2-3-11(9-12)13(17)18/h2-4,9,17-18H,5-8H2,1H3. The van der Waals surface area contributed by atoms with Crippen molar-refractivity contribution in [1.29, 1.82) is 0 Å². The monoisotopic (exact) mass is 312 g/mol. The van der Waals surface area contributed by atoms with Crippen LogP contribution in [-0.4, -0.2) is 66.9 Å². The molecule has 1 aromatic carbocycles. The zero-order valence-corrected chi connectivity index (χ0v) is 12.5. The van der Waals surface area contributed by atoms with Gasteiger partial charge in [0.1, 0.15) is 0 Å². The van der Waals surface area contributed by atoms with Crippen LogP contribution in [-0.2, 0) is 14.8 Å². The van der Waals surface area contributed by atoms with Gasteiger partial charge in [-0.25, -0.2) is 8.42 Å². The van der Waals surface area contributed by atoms with Gasteiger partial charge >= 0.3 is 7.12 Å². The quantitative estimate of drug-likeness (QED) is 0.643. The van der Waals surface area contributed by atoms with Gasteiger partial charge in [-0.1, -0.05) is 12.1 Å². The molecule has 0 aromatic heterocycles. The highest BCUT2D eigenvalue weighted by atomic mass is 32.2. The minimum Gasteiger partial charge on any atom is -0.423 e. The highest BCUT2D eigenvalue weighted by Crippen LogP contribution is 2.16. The van der Waals surface area contributed by atoms with Crippen LogP contribution in [0, 0.1) is 0 Å². The highest BCUT2D eigenvalue weighted by Gasteiger charge is 2.29. The second-order valence-corrected chi connectivity index (χ2v) is 6.79. The molecule has 1 fully saturated rings. The van der Waals surface area contributed by atoms with Gasteiger partial charge in [-0.3, -0.25) is 4.79 Å². The Morgan fingerprint density at radius 3 is 2.33 bits per heavy atom. The lowest BCUT2D eigenvalue weighted by Crippen LogP contribution is -2.50. The predicted octanol–water partition coefficient (Wildman–Crippen LogP) is -1.78. The summed E-state index contributed by atoms with van der Waals surface area (Å²) < 4.78 is 26.3. The van der Waals surface area contributed by atoms with Crippen LogP contribution >= 0.6 is 0 Å². The third-order valence-corrected chi connectivity index (χ3v) is 5.37. The Kier molecular flexibility index (Phi) is 4.67. The van der Waals surface area contributed by atoms with Crippen LogP contribution in [0.15, 0.2) is 29.2 Å². The van der Waals surface area contributed by atoms with E-state index in [9.17, 15) is 13.2 Å². The SMILES string of the molecule is CC(=O)N1CCN(S(=O)(=O)c2cccc(B(O)O)c2)CC1. The molecule has 1 saturated heterocycles. The Morgan fingerprint density at radius 2 is 1.81 bits per heavy atom. The number of carbonyl (C=O) groups is 1. The van der Waals surface area contributed by atoms with Gasteiger partial charge in [-0.05, 0) is 17.6 Å². The van der Waals surface area contributed by atoms with E-state index in [0.29, 0.717) is 13.1 Å². The summed E-state index contributed by atoms with van der Waals surface area (Å²) >= 11 is 0. The Labute approximate surface area is 124 Å². The summed E-state index contributed by atoms with van der Waals surface area (Å²) in [6, 6.07) is 5.57. The third kappa shape index (κ3) is 3.43. The predicted molar refractivity (Wildman–Crippen MR) is 77.3 cm³/mol. The number of piperazine rings is 1. The summed E-state index contributed by atoms with van der Waals surface area (Å²) in [7, 11) is -5.41. The van der Waals surface area contributed by atoms with Crippen molar-refractivity contribution in [2.24, 2.45) is 0 Å². The Morgan fingerprint density at radius 1 is 1.19 bits per heavy atom. The molecule has 1 aromatic rings. The minimum absolute atomic E-state index is 0.0179. The van der Waals surface area contributed by atoms with E-state index in [4.69, 9.17) is 10.0 Å². The van der Waals surface area contributed by atoms with Crippen LogP contribution < -0.4 is 5.46 Å². The van der Waals surface area contributed by atoms with Crippen molar-refractivity contribution < 1.29 is 23.3 Å². The number of carbonyl (C=O) groups excluding carboxylic acids is 1. The molecule has 0 radical (unpaired) electrons. The molecule has 1 amide bonds. The third-order valence-electron chi connectivity index (χ3n) is 3.48. The number of hydrogen-bond donors (Lipinski definition) is 2. The van der Waals surface area contributed by atoms with Crippen LogP contribution in [0.25, 0.3) is 0 Å². The maximum atomic E-state index is 12.5. The van der Waals surface area contributed by atoms with E-state index >= 15 is 0 Å². The average Bonchev–Trinajstić information content (AvgIpc) is 2.47. The zero-order chi connectivity index (χ0) is 15.6. The molecule has 21 heavy (non-hydrogen) atoms. The van der Waals surface area contributed by atoms with Gasteiger partial charge in [0.2, 0.25) is 15.9 Å². The molecule has 0 bridgehead atoms. The van der Waals surface area contributed by atoms with E-state index in [1.807, 2.05) is 0 Å². The summed E-state index contributed by atoms with van der Waals surface area (Å²) in [4.78, 5) is 12.9. The summed E-state index contributed by atoms with van der Waals surface area (Å²) in [5.41, 5.74) is 0.124. The topological polar surface area (TPSA) is 98.2 Å². The zero-order valence-electron chi connectivity index (χ0n) is 11.6. The van der Waals surface area contributed by atoms with E-state index in [1.54, 1.807) is 4.90 Å². The first-order chi connectivity index (χ1) is 9.82. The first-order valence-corrected chi connectivity index (χ1v) is 7.98. The van der Waals surface area contributed by atoms with Crippen molar-refractivity contribution in [3.63, 3.8) is 0 Å². The Hall–Kier alpha value is -1.42. The molecule has 0 aliphatic carbocycles. The fraction of sp³-hybridized carbons (Fsp3) is 0.417. The Bertz CT molecular complexity index is 626. The second-order valence-electron chi connectivity index (χ2n) is 4.86. The molecule has 0 saturated carbocycles. The lowest BCUT2D eigenvalue weighted by molar-refractivity contribution is -0.129. The minimum atomic E-state index is -3.69. The molecule has 1 aliphatic rings. The number of benzene rings is 1. The van der Waals surface area contributed by atoms with E-state index < -0.39 is 17.1 Å². The molecule has 0 atom stereocenters. The smallest absolute Gasteiger partial charge is 0.423 e. The average molecular weight is 312 g/mol. The molecule has 1 aliphatic heterocycles. The molecule has 9 heteroatoms. The molecule has 1 heterocycles. The van der Waals surface area contributed by atoms with E-state index in [2.05, 4.69) is 0 Å². The van der Waals surface area contributed by atoms with Gasteiger partial charge < -0.3 is 14.9 Å². The number of nitrogens with zero attached hydrogens (tertiary/aromatic N) is 2. The lowest BCUT2D eigenvalue weighted by atomic mass is 9.80. The summed E-state index contributed by atoms with van der Waals surface area (Å²) in [5.74, 6) is -0.0718. The van der Waals surface area contributed by atoms with Gasteiger partial charge in [-0.15, -0.1) is 0 Å². The van der Waals surface area contributed by atoms with Crippen molar-refractivity contribution in [2.75, 3.05) is 26.2 Å². The number of sulfonamides is 1. The molecule has 7 nitrogen and oxygen atoms in total. The van der Waals surface area contributed by atoms with Gasteiger partial charge in [0.25, 0.3) is 0 Å². The van der Waals surface area contributed by atoms with E-state index in [1.165, 1.54) is 35.5 Å². The van der Waals surface area contributed by atoms with Crippen LogP contribution in [0.4, 0.5) is 0 Å². The van der Waals surface area contributed by atoms with Crippen molar-refractivity contribution in [1.82, 2.24) is 9.21 Å². The van der Waals surface area contributed by atoms with E-state index in [0.717, 1.165) is 0 Å². The fourth-order valence-electron chi connectivity index (χ4n) is 2.23. The number of hydrogen-bond acceptors (Lipinski definition) is 5. The molecular weight excluding hydrogens is 295 g/mol. The largest absolute Gasteiger partial charge is 0.488 e. The van der Waals surface area contributed by atoms with Crippen LogP contribution in [0.5, 0.6) is 0 Å². The van der Waals surface area contributed by atoms with Gasteiger partial charge in [0.15, 0.2) is 0 Å². The molecular formula is C12H17BN2O5S. The summed E-state index contributed by atoms with van der Waals surface area (Å²) in [5, 5.41) is 18.2. The normalized spacial score (nSPS) is 16.8. The fourth-order valence-corrected chi connectivity index (χ4v) is 3.71. The molecule has 2 N–H and O–H groups in total. The first kappa shape index (κ1) is 16.0. The van der Waals surface area contributed by atoms with Crippen molar-refractivity contribution >= 4 is 28.5 Å². The van der Waals surface area contributed by atoms with Crippen molar-refractivity contribution in [3.8, 4) is 0 Å². The van der Waals surface area contributed by atoms with Gasteiger partial charge in [0, 0.05) is 33.1 Å². The number of rotatable bonds is 3. The van der Waals surface area contributed by atoms with E-state index in [-0.39, 0.29) is 29.4 Å². The lowest BCUT2D eigenvalue weighted by Gasteiger charge is -2.33. The Balaban J connectivity index is 2.19. The second kappa shape index (κ2) is 6.14. The van der Waals surface area contributed by atoms with Crippen LogP contribution in [0.3, 0.4) is 0 Å². The molecule has 2 rings (SSSR count). The number of amides is 1.